The molecule has 0 aliphatic heterocycles. The van der Waals surface area contributed by atoms with Crippen molar-refractivity contribution >= 4 is 24.0 Å². The van der Waals surface area contributed by atoms with Gasteiger partial charge in [0.05, 0.1) is 0 Å². The van der Waals surface area contributed by atoms with E-state index in [1.165, 1.54) is 32.9 Å². The predicted molar refractivity (Wildman–Crippen MR) is 105 cm³/mol. The first-order valence-electron chi connectivity index (χ1n) is 7.97. The molecular formula is C22H22P+. The van der Waals surface area contributed by atoms with Crippen LogP contribution in [0.15, 0.2) is 72.8 Å². The van der Waals surface area contributed by atoms with Gasteiger partial charge in [0.25, 0.3) is 0 Å². The first-order valence-corrected chi connectivity index (χ1v) is 9.38. The Kier molecular flexibility index (Phi) is 4.74. The molecule has 0 aromatic heterocycles. The van der Waals surface area contributed by atoms with Crippen molar-refractivity contribution in [3.8, 4) is 0 Å². The molecular weight excluding hydrogens is 295 g/mol. The summed E-state index contributed by atoms with van der Waals surface area (Å²) < 4.78 is 0. The molecule has 0 spiro atoms. The lowest BCUT2D eigenvalue weighted by Crippen LogP contribution is -2.09. The second kappa shape index (κ2) is 6.94. The Balaban J connectivity index is 2.21. The Morgan fingerprint density at radius 2 is 1.09 bits per heavy atom. The molecule has 0 radical (unpaired) electrons. The van der Waals surface area contributed by atoms with E-state index in [1.807, 2.05) is 0 Å². The van der Waals surface area contributed by atoms with Crippen LogP contribution in [-0.4, -0.2) is 5.80 Å². The van der Waals surface area contributed by atoms with Crippen molar-refractivity contribution in [3.63, 3.8) is 0 Å². The zero-order valence-corrected chi connectivity index (χ0v) is 14.8. The summed E-state index contributed by atoms with van der Waals surface area (Å²) in [7, 11) is -0.494. The van der Waals surface area contributed by atoms with Gasteiger partial charge in [-0.1, -0.05) is 54.1 Å². The lowest BCUT2D eigenvalue weighted by atomic mass is 10.0. The maximum Gasteiger partial charge on any atom is 0.170 e. The highest BCUT2D eigenvalue weighted by Gasteiger charge is 2.19. The van der Waals surface area contributed by atoms with E-state index in [4.69, 9.17) is 0 Å². The van der Waals surface area contributed by atoms with Crippen LogP contribution in [0.2, 0.25) is 0 Å². The van der Waals surface area contributed by atoms with Crippen LogP contribution < -0.4 is 10.6 Å². The summed E-state index contributed by atoms with van der Waals surface area (Å²) in [5.41, 5.74) is 5.44. The molecule has 0 saturated carbocycles. The van der Waals surface area contributed by atoms with Crippen LogP contribution in [-0.2, 0) is 0 Å². The van der Waals surface area contributed by atoms with Crippen molar-refractivity contribution in [1.29, 1.82) is 0 Å². The van der Waals surface area contributed by atoms with E-state index < -0.39 is 7.55 Å². The smallest absolute Gasteiger partial charge is 0.0619 e. The number of hydrogen-bond acceptors (Lipinski definition) is 0. The minimum atomic E-state index is -0.494. The molecule has 23 heavy (non-hydrogen) atoms. The van der Waals surface area contributed by atoms with E-state index in [1.54, 1.807) is 0 Å². The monoisotopic (exact) mass is 317 g/mol. The quantitative estimate of drug-likeness (QED) is 0.603. The molecule has 0 aliphatic rings. The van der Waals surface area contributed by atoms with Gasteiger partial charge in [-0.3, -0.25) is 0 Å². The van der Waals surface area contributed by atoms with Crippen LogP contribution in [0, 0.1) is 20.8 Å². The number of benzene rings is 3. The van der Waals surface area contributed by atoms with Crippen LogP contribution in [0.25, 0.3) is 0 Å². The highest BCUT2D eigenvalue weighted by Crippen LogP contribution is 2.25. The Morgan fingerprint density at radius 1 is 0.652 bits per heavy atom. The minimum Gasteiger partial charge on any atom is -0.0619 e. The zero-order chi connectivity index (χ0) is 16.2. The molecule has 0 N–H and O–H groups in total. The molecule has 0 unspecified atom stereocenters. The van der Waals surface area contributed by atoms with Crippen LogP contribution in [0.4, 0.5) is 0 Å². The molecule has 3 aromatic rings. The van der Waals surface area contributed by atoms with Gasteiger partial charge in [-0.25, -0.2) is 0 Å². The molecule has 0 atom stereocenters. The Morgan fingerprint density at radius 3 is 1.52 bits per heavy atom. The van der Waals surface area contributed by atoms with E-state index in [0.717, 1.165) is 0 Å². The predicted octanol–water partition coefficient (Wildman–Crippen LogP) is 4.90. The summed E-state index contributed by atoms with van der Waals surface area (Å²) in [5.74, 6) is 2.48. The SMILES string of the molecule is Cc1cc(C)c(C=[P+](c2ccccc2)c2ccccc2)c(C)c1. The normalized spacial score (nSPS) is 10.4. The number of rotatable bonds is 3. The second-order valence-electron chi connectivity index (χ2n) is 5.98. The zero-order valence-electron chi connectivity index (χ0n) is 14.0. The number of hydrogen-bond donors (Lipinski definition) is 0. The lowest BCUT2D eigenvalue weighted by molar-refractivity contribution is 1.31. The van der Waals surface area contributed by atoms with E-state index in [9.17, 15) is 0 Å². The molecule has 3 aromatic carbocycles. The molecule has 0 saturated heterocycles. The van der Waals surface area contributed by atoms with Crippen molar-refractivity contribution in [2.24, 2.45) is 0 Å². The van der Waals surface area contributed by atoms with Crippen molar-refractivity contribution < 1.29 is 0 Å². The van der Waals surface area contributed by atoms with Crippen LogP contribution in [0.1, 0.15) is 22.3 Å². The average molecular weight is 317 g/mol. The fourth-order valence-corrected chi connectivity index (χ4v) is 5.25. The van der Waals surface area contributed by atoms with Gasteiger partial charge in [-0.15, -0.1) is 0 Å². The van der Waals surface area contributed by atoms with Crippen LogP contribution in [0.3, 0.4) is 0 Å². The minimum absolute atomic E-state index is 0.494. The Bertz CT molecular complexity index is 766. The summed E-state index contributed by atoms with van der Waals surface area (Å²) >= 11 is 0. The van der Waals surface area contributed by atoms with Gasteiger partial charge in [0.1, 0.15) is 5.80 Å². The topological polar surface area (TPSA) is 0 Å². The molecule has 0 heterocycles. The van der Waals surface area contributed by atoms with Gasteiger partial charge in [0, 0.05) is 5.56 Å². The highest BCUT2D eigenvalue weighted by atomic mass is 31.1. The van der Waals surface area contributed by atoms with Gasteiger partial charge in [-0.05, 0) is 56.2 Å². The summed E-state index contributed by atoms with van der Waals surface area (Å²) in [6.45, 7) is 6.60. The summed E-state index contributed by atoms with van der Waals surface area (Å²) in [6.07, 6.45) is 0. The average Bonchev–Trinajstić information content (AvgIpc) is 2.56. The molecule has 0 bridgehead atoms. The third-order valence-corrected chi connectivity index (χ3v) is 6.29. The van der Waals surface area contributed by atoms with Gasteiger partial charge in [-0.2, -0.15) is 0 Å². The summed E-state index contributed by atoms with van der Waals surface area (Å²) in [5, 5.41) is 2.79. The molecule has 114 valence electrons. The van der Waals surface area contributed by atoms with Gasteiger partial charge in [0.2, 0.25) is 0 Å². The van der Waals surface area contributed by atoms with Crippen molar-refractivity contribution in [2.75, 3.05) is 0 Å². The Labute approximate surface area is 140 Å². The van der Waals surface area contributed by atoms with Gasteiger partial charge >= 0.3 is 0 Å². The maximum absolute atomic E-state index is 2.48. The van der Waals surface area contributed by atoms with Crippen LogP contribution in [0.5, 0.6) is 0 Å². The number of aryl methyl sites for hydroxylation is 3. The molecule has 1 heteroatoms. The summed E-state index contributed by atoms with van der Waals surface area (Å²) in [4.78, 5) is 0. The lowest BCUT2D eigenvalue weighted by Gasteiger charge is -2.06. The first kappa shape index (κ1) is 15.7. The first-order chi connectivity index (χ1) is 11.1. The molecule has 0 aliphatic carbocycles. The summed E-state index contributed by atoms with van der Waals surface area (Å²) in [6, 6.07) is 26.3. The van der Waals surface area contributed by atoms with Crippen LogP contribution >= 0.6 is 7.55 Å². The van der Waals surface area contributed by atoms with Crippen molar-refractivity contribution in [2.45, 2.75) is 20.8 Å². The van der Waals surface area contributed by atoms with E-state index >= 15 is 0 Å². The molecule has 0 amide bonds. The fourth-order valence-electron chi connectivity index (χ4n) is 3.00. The molecule has 0 nitrogen and oxygen atoms in total. The largest absolute Gasteiger partial charge is 0.170 e. The Hall–Kier alpha value is -2.17. The standard InChI is InChI=1S/C22H22P/c1-17-14-18(2)22(19(3)15-17)16-23(20-10-6-4-7-11-20)21-12-8-5-9-13-21/h4-16H,1-3H3/q+1. The molecule has 0 fully saturated rings. The third kappa shape index (κ3) is 3.60. The second-order valence-corrected chi connectivity index (χ2v) is 8.01. The van der Waals surface area contributed by atoms with E-state index in [-0.39, 0.29) is 0 Å². The fraction of sp³-hybridized carbons (Fsp3) is 0.136. The third-order valence-electron chi connectivity index (χ3n) is 4.06. The molecule has 3 rings (SSSR count). The van der Waals surface area contributed by atoms with Gasteiger partial charge < -0.3 is 0 Å². The maximum atomic E-state index is 2.48. The highest BCUT2D eigenvalue weighted by molar-refractivity contribution is 7.72. The van der Waals surface area contributed by atoms with E-state index in [2.05, 4.69) is 99.4 Å². The van der Waals surface area contributed by atoms with Gasteiger partial charge in [0.15, 0.2) is 18.2 Å². The van der Waals surface area contributed by atoms with Crippen molar-refractivity contribution in [3.05, 3.63) is 95.1 Å². The van der Waals surface area contributed by atoms with E-state index in [0.29, 0.717) is 0 Å². The van der Waals surface area contributed by atoms with Crippen molar-refractivity contribution in [1.82, 2.24) is 0 Å².